The molecular weight excluding hydrogens is 360 g/mol. The van der Waals surface area contributed by atoms with Gasteiger partial charge >= 0.3 is 0 Å². The Hall–Kier alpha value is -0.520. The van der Waals surface area contributed by atoms with Gasteiger partial charge in [-0.3, -0.25) is 0 Å². The van der Waals surface area contributed by atoms with E-state index in [-0.39, 0.29) is 0 Å². The Balaban J connectivity index is 1.31. The molecule has 0 N–H and O–H groups in total. The van der Waals surface area contributed by atoms with Crippen LogP contribution in [0.4, 0.5) is 0 Å². The smallest absolute Gasteiger partial charge is 0.00531 e. The van der Waals surface area contributed by atoms with Crippen molar-refractivity contribution >= 4 is 0 Å². The molecule has 0 heteroatoms. The van der Waals surface area contributed by atoms with Crippen molar-refractivity contribution in [3.63, 3.8) is 0 Å². The first kappa shape index (κ1) is 24.1. The molecule has 0 aromatic rings. The maximum absolute atomic E-state index is 2.63. The molecule has 3 aliphatic rings. The van der Waals surface area contributed by atoms with E-state index >= 15 is 0 Å². The Morgan fingerprint density at radius 1 is 0.600 bits per heavy atom. The lowest BCUT2D eigenvalue weighted by atomic mass is 9.71. The first-order valence-corrected chi connectivity index (χ1v) is 14.1. The number of hydrogen-bond acceptors (Lipinski definition) is 0. The fourth-order valence-corrected chi connectivity index (χ4v) is 6.66. The average Bonchev–Trinajstić information content (AvgIpc) is 2.80. The largest absolute Gasteiger partial charge is 0.0848 e. The Kier molecular flexibility index (Phi) is 11.1. The first-order valence-electron chi connectivity index (χ1n) is 14.1. The monoisotopic (exact) mass is 412 g/mol. The highest BCUT2D eigenvalue weighted by Gasteiger charge is 2.28. The van der Waals surface area contributed by atoms with E-state index in [0.717, 1.165) is 35.5 Å². The Morgan fingerprint density at radius 2 is 1.20 bits per heavy atom. The Bertz CT molecular complexity index is 484. The summed E-state index contributed by atoms with van der Waals surface area (Å²) in [6.07, 6.45) is 36.8. The second kappa shape index (κ2) is 13.8. The van der Waals surface area contributed by atoms with Crippen LogP contribution >= 0.6 is 0 Å². The normalized spacial score (nSPS) is 35.1. The van der Waals surface area contributed by atoms with Gasteiger partial charge in [0, 0.05) is 0 Å². The van der Waals surface area contributed by atoms with Gasteiger partial charge in [0.2, 0.25) is 0 Å². The van der Waals surface area contributed by atoms with Crippen molar-refractivity contribution in [1.82, 2.24) is 0 Å². The van der Waals surface area contributed by atoms with Crippen molar-refractivity contribution in [2.24, 2.45) is 35.5 Å². The average molecular weight is 413 g/mol. The Labute approximate surface area is 189 Å². The number of unbranched alkanes of at least 4 members (excludes halogenated alkanes) is 4. The van der Waals surface area contributed by atoms with Crippen molar-refractivity contribution < 1.29 is 0 Å². The number of rotatable bonds is 11. The molecule has 2 fully saturated rings. The fraction of sp³-hybridized carbons (Fsp3) is 0.867. The maximum Gasteiger partial charge on any atom is -0.00531 e. The van der Waals surface area contributed by atoms with Gasteiger partial charge in [0.1, 0.15) is 0 Å². The summed E-state index contributed by atoms with van der Waals surface area (Å²) in [6.45, 7) is 4.65. The molecule has 3 rings (SSSR count). The molecule has 0 amide bonds. The predicted octanol–water partition coefficient (Wildman–Crippen LogP) is 9.90. The quantitative estimate of drug-likeness (QED) is 0.234. The summed E-state index contributed by atoms with van der Waals surface area (Å²) in [7, 11) is 0. The molecule has 2 atom stereocenters. The zero-order valence-electron chi connectivity index (χ0n) is 20.5. The molecule has 0 aromatic heterocycles. The van der Waals surface area contributed by atoms with Gasteiger partial charge in [-0.15, -0.1) is 0 Å². The van der Waals surface area contributed by atoms with E-state index in [1.165, 1.54) is 116 Å². The molecule has 0 aliphatic heterocycles. The highest BCUT2D eigenvalue weighted by Crippen LogP contribution is 2.40. The van der Waals surface area contributed by atoms with Crippen LogP contribution in [0.3, 0.4) is 0 Å². The minimum atomic E-state index is 0.730. The van der Waals surface area contributed by atoms with Gasteiger partial charge in [-0.05, 0) is 86.9 Å². The van der Waals surface area contributed by atoms with Gasteiger partial charge in [-0.1, -0.05) is 102 Å². The van der Waals surface area contributed by atoms with Gasteiger partial charge < -0.3 is 0 Å². The number of hydrogen-bond donors (Lipinski definition) is 0. The van der Waals surface area contributed by atoms with Gasteiger partial charge in [0.15, 0.2) is 0 Å². The highest BCUT2D eigenvalue weighted by molar-refractivity contribution is 5.08. The third kappa shape index (κ3) is 8.20. The SMILES string of the molecule is CCCCCC1CCC(C=CC2C=CC(C3CCC(CCCCC)CC3)CC2)CC1. The van der Waals surface area contributed by atoms with Crippen LogP contribution in [0.15, 0.2) is 24.3 Å². The van der Waals surface area contributed by atoms with Crippen LogP contribution in [0.1, 0.15) is 129 Å². The summed E-state index contributed by atoms with van der Waals surface area (Å²) >= 11 is 0. The topological polar surface area (TPSA) is 0 Å². The molecule has 0 saturated heterocycles. The lowest BCUT2D eigenvalue weighted by Gasteiger charge is -2.35. The number of allylic oxidation sites excluding steroid dienone is 4. The van der Waals surface area contributed by atoms with Crippen LogP contribution < -0.4 is 0 Å². The molecule has 0 heterocycles. The molecule has 3 aliphatic carbocycles. The standard InChI is InChI=1S/C30H52/c1-3-5-7-9-25-11-13-27(14-12-25)15-16-28-19-23-30(24-20-28)29-21-17-26(18-22-29)10-8-6-4-2/h15-16,19,23,25-30H,3-14,17-18,20-22,24H2,1-2H3. The lowest BCUT2D eigenvalue weighted by Crippen LogP contribution is -2.23. The van der Waals surface area contributed by atoms with Crippen molar-refractivity contribution in [2.75, 3.05) is 0 Å². The molecule has 0 bridgehead atoms. The summed E-state index contributed by atoms with van der Waals surface area (Å²) in [5, 5.41) is 0. The minimum Gasteiger partial charge on any atom is -0.0848 e. The van der Waals surface area contributed by atoms with Crippen molar-refractivity contribution in [1.29, 1.82) is 0 Å². The van der Waals surface area contributed by atoms with E-state index in [1.807, 2.05) is 0 Å². The Morgan fingerprint density at radius 3 is 1.73 bits per heavy atom. The van der Waals surface area contributed by atoms with Crippen LogP contribution in [0, 0.1) is 35.5 Å². The molecule has 0 aromatic carbocycles. The minimum absolute atomic E-state index is 0.730. The summed E-state index contributed by atoms with van der Waals surface area (Å²) in [6, 6.07) is 0. The molecule has 172 valence electrons. The first-order chi connectivity index (χ1) is 14.8. The maximum atomic E-state index is 2.63. The molecule has 0 nitrogen and oxygen atoms in total. The summed E-state index contributed by atoms with van der Waals surface area (Å²) < 4.78 is 0. The third-order valence-corrected chi connectivity index (χ3v) is 8.89. The molecule has 30 heavy (non-hydrogen) atoms. The van der Waals surface area contributed by atoms with Crippen molar-refractivity contribution in [3.8, 4) is 0 Å². The molecule has 2 saturated carbocycles. The molecule has 2 unspecified atom stereocenters. The second-order valence-corrected chi connectivity index (χ2v) is 11.2. The van der Waals surface area contributed by atoms with Crippen LogP contribution in [0.5, 0.6) is 0 Å². The highest BCUT2D eigenvalue weighted by atomic mass is 14.3. The van der Waals surface area contributed by atoms with E-state index in [0.29, 0.717) is 0 Å². The van der Waals surface area contributed by atoms with E-state index in [9.17, 15) is 0 Å². The fourth-order valence-electron chi connectivity index (χ4n) is 6.66. The van der Waals surface area contributed by atoms with Gasteiger partial charge in [-0.25, -0.2) is 0 Å². The van der Waals surface area contributed by atoms with Crippen molar-refractivity contribution in [2.45, 2.75) is 129 Å². The summed E-state index contributed by atoms with van der Waals surface area (Å²) in [5.41, 5.74) is 0. The van der Waals surface area contributed by atoms with E-state index in [1.54, 1.807) is 0 Å². The zero-order chi connectivity index (χ0) is 21.0. The third-order valence-electron chi connectivity index (χ3n) is 8.89. The van der Waals surface area contributed by atoms with Crippen molar-refractivity contribution in [3.05, 3.63) is 24.3 Å². The van der Waals surface area contributed by atoms with E-state index in [2.05, 4.69) is 38.2 Å². The lowest BCUT2D eigenvalue weighted by molar-refractivity contribution is 0.206. The predicted molar refractivity (Wildman–Crippen MR) is 134 cm³/mol. The van der Waals surface area contributed by atoms with Crippen LogP contribution in [0.25, 0.3) is 0 Å². The van der Waals surface area contributed by atoms with Gasteiger partial charge in [-0.2, -0.15) is 0 Å². The summed E-state index contributed by atoms with van der Waals surface area (Å²) in [5.74, 6) is 5.59. The zero-order valence-corrected chi connectivity index (χ0v) is 20.5. The second-order valence-electron chi connectivity index (χ2n) is 11.2. The van der Waals surface area contributed by atoms with E-state index < -0.39 is 0 Å². The molecule has 0 spiro atoms. The molecule has 0 radical (unpaired) electrons. The van der Waals surface area contributed by atoms with Crippen LogP contribution in [-0.4, -0.2) is 0 Å². The van der Waals surface area contributed by atoms with Gasteiger partial charge in [0.25, 0.3) is 0 Å². The van der Waals surface area contributed by atoms with Crippen LogP contribution in [0.2, 0.25) is 0 Å². The van der Waals surface area contributed by atoms with Crippen LogP contribution in [-0.2, 0) is 0 Å². The molecular formula is C30H52. The summed E-state index contributed by atoms with van der Waals surface area (Å²) in [4.78, 5) is 0. The van der Waals surface area contributed by atoms with E-state index in [4.69, 9.17) is 0 Å². The van der Waals surface area contributed by atoms with Gasteiger partial charge in [0.05, 0.1) is 0 Å².